The van der Waals surface area contributed by atoms with Crippen LogP contribution in [0.2, 0.25) is 0 Å². The molecule has 0 saturated heterocycles. The Balaban J connectivity index is 1.58. The first-order valence-electron chi connectivity index (χ1n) is 9.62. The molecule has 4 rings (SSSR count). The number of H-pyrrole nitrogens is 1. The fourth-order valence-corrected chi connectivity index (χ4v) is 3.12. The highest BCUT2D eigenvalue weighted by molar-refractivity contribution is 5.94. The van der Waals surface area contributed by atoms with Crippen molar-refractivity contribution >= 4 is 17.5 Å². The predicted octanol–water partition coefficient (Wildman–Crippen LogP) is 2.78. The van der Waals surface area contributed by atoms with E-state index in [-0.39, 0.29) is 12.1 Å². The van der Waals surface area contributed by atoms with Gasteiger partial charge in [-0.3, -0.25) is 30.6 Å². The maximum absolute atomic E-state index is 12.5. The Labute approximate surface area is 182 Å². The number of para-hydroxylation sites is 1. The van der Waals surface area contributed by atoms with Crippen LogP contribution < -0.4 is 10.9 Å². The lowest BCUT2D eigenvalue weighted by Crippen LogP contribution is -2.42. The number of carbonyl (C=O) groups is 2. The highest BCUT2D eigenvalue weighted by atomic mass is 16.6. The Hall–Kier alpha value is -4.73. The normalized spacial score (nSPS) is 10.5. The Morgan fingerprint density at radius 1 is 1.00 bits per heavy atom. The summed E-state index contributed by atoms with van der Waals surface area (Å²) in [5, 5.41) is 15.5. The number of aromatic nitrogens is 3. The van der Waals surface area contributed by atoms with E-state index in [1.165, 1.54) is 12.1 Å². The number of aromatic amines is 1. The van der Waals surface area contributed by atoms with Crippen molar-refractivity contribution in [3.8, 4) is 16.9 Å². The summed E-state index contributed by atoms with van der Waals surface area (Å²) in [7, 11) is 0. The molecule has 0 aliphatic rings. The van der Waals surface area contributed by atoms with Crippen LogP contribution in [0.3, 0.4) is 0 Å². The van der Waals surface area contributed by atoms with Gasteiger partial charge in [0.2, 0.25) is 5.91 Å². The van der Waals surface area contributed by atoms with E-state index < -0.39 is 16.7 Å². The van der Waals surface area contributed by atoms with Crippen LogP contribution in [0.1, 0.15) is 16.1 Å². The first kappa shape index (κ1) is 20.5. The van der Waals surface area contributed by atoms with Gasteiger partial charge in [0.25, 0.3) is 11.6 Å². The average Bonchev–Trinajstić information content (AvgIpc) is 3.49. The topological polar surface area (TPSA) is 135 Å². The fraction of sp³-hybridized carbons (Fsp3) is 0.0455. The van der Waals surface area contributed by atoms with Crippen LogP contribution in [0.15, 0.2) is 79.1 Å². The van der Waals surface area contributed by atoms with E-state index in [9.17, 15) is 19.7 Å². The van der Waals surface area contributed by atoms with Gasteiger partial charge in [0, 0.05) is 35.7 Å². The molecule has 0 unspecified atom stereocenters. The second kappa shape index (κ2) is 8.96. The smallest absolute Gasteiger partial charge is 0.286 e. The Morgan fingerprint density at radius 2 is 1.75 bits per heavy atom. The van der Waals surface area contributed by atoms with Crippen molar-refractivity contribution in [1.82, 2.24) is 25.6 Å². The van der Waals surface area contributed by atoms with E-state index in [0.29, 0.717) is 22.5 Å². The number of nitrogens with one attached hydrogen (secondary N) is 3. The molecule has 0 aliphatic heterocycles. The van der Waals surface area contributed by atoms with Gasteiger partial charge in [0.15, 0.2) is 0 Å². The van der Waals surface area contributed by atoms with Crippen LogP contribution >= 0.6 is 0 Å². The molecule has 4 aromatic rings. The van der Waals surface area contributed by atoms with E-state index in [2.05, 4.69) is 20.9 Å². The van der Waals surface area contributed by atoms with Gasteiger partial charge >= 0.3 is 0 Å². The van der Waals surface area contributed by atoms with Crippen molar-refractivity contribution in [3.63, 3.8) is 0 Å². The van der Waals surface area contributed by atoms with Gasteiger partial charge in [-0.2, -0.15) is 5.10 Å². The van der Waals surface area contributed by atoms with E-state index in [1.807, 2.05) is 30.3 Å². The molecule has 3 N–H and O–H groups in total. The van der Waals surface area contributed by atoms with Gasteiger partial charge in [-0.15, -0.1) is 0 Å². The second-order valence-corrected chi connectivity index (χ2v) is 6.85. The first-order valence-corrected chi connectivity index (χ1v) is 9.62. The molecule has 0 bridgehead atoms. The van der Waals surface area contributed by atoms with Crippen molar-refractivity contribution in [3.05, 3.63) is 100 Å². The summed E-state index contributed by atoms with van der Waals surface area (Å²) in [5.74, 6) is -0.917. The third-order valence-electron chi connectivity index (χ3n) is 4.67. The minimum atomic E-state index is -0.479. The van der Waals surface area contributed by atoms with E-state index in [0.717, 1.165) is 5.69 Å². The van der Waals surface area contributed by atoms with Crippen LogP contribution in [0, 0.1) is 10.1 Å². The molecule has 2 aromatic carbocycles. The summed E-state index contributed by atoms with van der Waals surface area (Å²) < 4.78 is 1.64. The number of non-ortho nitro benzene ring substituents is 1. The minimum absolute atomic E-state index is 0.0393. The number of rotatable bonds is 6. The molecule has 2 amide bonds. The number of nitrogens with zero attached hydrogens (tertiary/aromatic N) is 3. The molecule has 0 atom stereocenters. The number of hydrogen-bond donors (Lipinski definition) is 3. The molecule has 32 heavy (non-hydrogen) atoms. The highest BCUT2D eigenvalue weighted by Crippen LogP contribution is 2.26. The summed E-state index contributed by atoms with van der Waals surface area (Å²) in [6, 6.07) is 18.5. The third-order valence-corrected chi connectivity index (χ3v) is 4.67. The lowest BCUT2D eigenvalue weighted by atomic mass is 10.1. The molecule has 10 heteroatoms. The van der Waals surface area contributed by atoms with Crippen LogP contribution in [0.5, 0.6) is 0 Å². The number of hydrazine groups is 1. The zero-order valence-electron chi connectivity index (χ0n) is 16.7. The molecular formula is C22H18N6O4. The molecule has 2 heterocycles. The number of carbonyl (C=O) groups excluding carboxylic acids is 2. The Morgan fingerprint density at radius 3 is 2.41 bits per heavy atom. The molecular weight excluding hydrogens is 412 g/mol. The molecule has 0 radical (unpaired) electrons. The summed E-state index contributed by atoms with van der Waals surface area (Å²) in [6.45, 7) is 0. The van der Waals surface area contributed by atoms with Crippen molar-refractivity contribution in [2.24, 2.45) is 0 Å². The zero-order chi connectivity index (χ0) is 22.5. The lowest BCUT2D eigenvalue weighted by Gasteiger charge is -2.06. The maximum Gasteiger partial charge on any atom is 0.286 e. The van der Waals surface area contributed by atoms with Crippen LogP contribution in [0.25, 0.3) is 16.9 Å². The Kier molecular flexibility index (Phi) is 5.75. The predicted molar refractivity (Wildman–Crippen MR) is 116 cm³/mol. The highest BCUT2D eigenvalue weighted by Gasteiger charge is 2.17. The molecule has 0 spiro atoms. The van der Waals surface area contributed by atoms with Crippen molar-refractivity contribution in [1.29, 1.82) is 0 Å². The van der Waals surface area contributed by atoms with Crippen molar-refractivity contribution in [2.45, 2.75) is 6.42 Å². The van der Waals surface area contributed by atoms with Crippen molar-refractivity contribution in [2.75, 3.05) is 0 Å². The van der Waals surface area contributed by atoms with Crippen LogP contribution in [0.4, 0.5) is 5.69 Å². The standard InChI is InChI=1S/C22H18N6O4/c29-20(24-25-22(30)19-7-4-12-23-19)13-16-14-27(17-5-2-1-3-6-17)26-21(16)15-8-10-18(11-9-15)28(31)32/h1-12,14,23H,13H2,(H,24,29)(H,25,30). The number of hydrogen-bond acceptors (Lipinski definition) is 5. The fourth-order valence-electron chi connectivity index (χ4n) is 3.12. The van der Waals surface area contributed by atoms with Gasteiger partial charge in [-0.1, -0.05) is 18.2 Å². The number of nitro groups is 1. The molecule has 160 valence electrons. The van der Waals surface area contributed by atoms with E-state index in [1.54, 1.807) is 41.3 Å². The van der Waals surface area contributed by atoms with Gasteiger partial charge < -0.3 is 4.98 Å². The van der Waals surface area contributed by atoms with E-state index in [4.69, 9.17) is 0 Å². The monoisotopic (exact) mass is 430 g/mol. The Bertz CT molecular complexity index is 1250. The number of nitro benzene ring substituents is 1. The largest absolute Gasteiger partial charge is 0.357 e. The summed E-state index contributed by atoms with van der Waals surface area (Å²) in [5.41, 5.74) is 7.53. The second-order valence-electron chi connectivity index (χ2n) is 6.85. The molecule has 0 fully saturated rings. The van der Waals surface area contributed by atoms with Gasteiger partial charge in [0.05, 0.1) is 22.7 Å². The van der Waals surface area contributed by atoms with Crippen molar-refractivity contribution < 1.29 is 14.5 Å². The number of benzene rings is 2. The van der Waals surface area contributed by atoms with E-state index >= 15 is 0 Å². The molecule has 0 aliphatic carbocycles. The quantitative estimate of drug-likeness (QED) is 0.319. The van der Waals surface area contributed by atoms with Gasteiger partial charge in [-0.05, 0) is 36.4 Å². The molecule has 10 nitrogen and oxygen atoms in total. The first-order chi connectivity index (χ1) is 15.5. The summed E-state index contributed by atoms with van der Waals surface area (Å²) >= 11 is 0. The molecule has 0 saturated carbocycles. The van der Waals surface area contributed by atoms with Gasteiger partial charge in [0.1, 0.15) is 5.69 Å². The van der Waals surface area contributed by atoms with Crippen LogP contribution in [-0.4, -0.2) is 31.5 Å². The molecule has 2 aromatic heterocycles. The average molecular weight is 430 g/mol. The number of amides is 2. The minimum Gasteiger partial charge on any atom is -0.357 e. The zero-order valence-corrected chi connectivity index (χ0v) is 16.7. The van der Waals surface area contributed by atoms with Gasteiger partial charge in [-0.25, -0.2) is 4.68 Å². The summed E-state index contributed by atoms with van der Waals surface area (Å²) in [6.07, 6.45) is 3.26. The maximum atomic E-state index is 12.5. The third kappa shape index (κ3) is 4.54. The van der Waals surface area contributed by atoms with Crippen LogP contribution in [-0.2, 0) is 11.2 Å². The summed E-state index contributed by atoms with van der Waals surface area (Å²) in [4.78, 5) is 37.7. The SMILES string of the molecule is O=C(Cc1cn(-c2ccccc2)nc1-c1ccc([N+](=O)[O-])cc1)NNC(=O)c1ccc[nH]1. The lowest BCUT2D eigenvalue weighted by molar-refractivity contribution is -0.384.